The van der Waals surface area contributed by atoms with Gasteiger partial charge in [-0.05, 0) is 31.0 Å². The van der Waals surface area contributed by atoms with Crippen molar-refractivity contribution >= 4 is 59.1 Å². The van der Waals surface area contributed by atoms with E-state index in [9.17, 15) is 18.0 Å². The van der Waals surface area contributed by atoms with Gasteiger partial charge in [0.1, 0.15) is 11.5 Å². The molecule has 1 aliphatic rings. The molecule has 1 fully saturated rings. The van der Waals surface area contributed by atoms with E-state index in [2.05, 4.69) is 20.9 Å². The molecule has 31 heavy (non-hydrogen) atoms. The summed E-state index contributed by atoms with van der Waals surface area (Å²) in [6, 6.07) is 5.72. The fourth-order valence-corrected chi connectivity index (χ4v) is 6.24. The summed E-state index contributed by atoms with van der Waals surface area (Å²) in [6.07, 6.45) is 3.85. The molecular formula is C20H26BrN3O5S2. The lowest BCUT2D eigenvalue weighted by Gasteiger charge is -2.19. The first-order valence-electron chi connectivity index (χ1n) is 10.1. The largest absolute Gasteiger partial charge is 0.383 e. The SMILES string of the molecule is COCCn1c(=NC(=O)CS(=O)(=O)CC(=O)N2CCCCCC2)sc2cc(Br)ccc21. The second-order valence-electron chi connectivity index (χ2n) is 7.47. The highest BCUT2D eigenvalue weighted by molar-refractivity contribution is 9.10. The van der Waals surface area contributed by atoms with Crippen LogP contribution >= 0.6 is 27.3 Å². The number of carbonyl (C=O) groups is 2. The number of fused-ring (bicyclic) bond motifs is 1. The van der Waals surface area contributed by atoms with E-state index in [1.165, 1.54) is 11.3 Å². The Balaban J connectivity index is 1.77. The predicted molar refractivity (Wildman–Crippen MR) is 124 cm³/mol. The number of nitrogens with zero attached hydrogens (tertiary/aromatic N) is 3. The molecule has 0 radical (unpaired) electrons. The summed E-state index contributed by atoms with van der Waals surface area (Å²) in [6.45, 7) is 2.05. The van der Waals surface area contributed by atoms with Crippen molar-refractivity contribution in [3.63, 3.8) is 0 Å². The zero-order chi connectivity index (χ0) is 22.4. The number of rotatable bonds is 7. The van der Waals surface area contributed by atoms with Crippen LogP contribution in [0.4, 0.5) is 0 Å². The zero-order valence-corrected chi connectivity index (χ0v) is 20.6. The van der Waals surface area contributed by atoms with Gasteiger partial charge in [0.2, 0.25) is 5.91 Å². The van der Waals surface area contributed by atoms with Gasteiger partial charge in [0.25, 0.3) is 5.91 Å². The van der Waals surface area contributed by atoms with Crippen molar-refractivity contribution in [3.8, 4) is 0 Å². The van der Waals surface area contributed by atoms with E-state index in [1.54, 1.807) is 12.0 Å². The van der Waals surface area contributed by atoms with Crippen LogP contribution in [0.1, 0.15) is 25.7 Å². The number of hydrogen-bond acceptors (Lipinski definition) is 6. The number of carbonyl (C=O) groups excluding carboxylic acids is 2. The molecule has 1 saturated heterocycles. The average molecular weight is 532 g/mol. The minimum atomic E-state index is -3.90. The minimum absolute atomic E-state index is 0.407. The van der Waals surface area contributed by atoms with E-state index >= 15 is 0 Å². The number of likely N-dealkylation sites (tertiary alicyclic amines) is 1. The number of ether oxygens (including phenoxy) is 1. The molecule has 0 N–H and O–H groups in total. The maximum Gasteiger partial charge on any atom is 0.263 e. The Morgan fingerprint density at radius 3 is 2.55 bits per heavy atom. The minimum Gasteiger partial charge on any atom is -0.383 e. The van der Waals surface area contributed by atoms with Crippen LogP contribution in [-0.2, 0) is 30.7 Å². The first kappa shape index (κ1) is 24.1. The molecule has 0 aliphatic carbocycles. The lowest BCUT2D eigenvalue weighted by molar-refractivity contribution is -0.128. The molecular weight excluding hydrogens is 506 g/mol. The van der Waals surface area contributed by atoms with Gasteiger partial charge in [0.05, 0.1) is 16.8 Å². The zero-order valence-electron chi connectivity index (χ0n) is 17.4. The Morgan fingerprint density at radius 2 is 1.87 bits per heavy atom. The van der Waals surface area contributed by atoms with Crippen LogP contribution < -0.4 is 4.80 Å². The molecule has 11 heteroatoms. The van der Waals surface area contributed by atoms with Crippen LogP contribution in [-0.4, -0.2) is 68.0 Å². The molecule has 3 rings (SSSR count). The molecule has 1 aromatic heterocycles. The molecule has 0 unspecified atom stereocenters. The van der Waals surface area contributed by atoms with Crippen LogP contribution in [0.15, 0.2) is 27.7 Å². The average Bonchev–Trinajstić information content (AvgIpc) is 2.85. The molecule has 0 atom stereocenters. The lowest BCUT2D eigenvalue weighted by Crippen LogP contribution is -2.37. The molecule has 0 bridgehead atoms. The van der Waals surface area contributed by atoms with E-state index in [1.807, 2.05) is 22.8 Å². The summed E-state index contributed by atoms with van der Waals surface area (Å²) in [7, 11) is -2.31. The van der Waals surface area contributed by atoms with Crippen molar-refractivity contribution in [3.05, 3.63) is 27.5 Å². The highest BCUT2D eigenvalue weighted by atomic mass is 79.9. The van der Waals surface area contributed by atoms with Crippen molar-refractivity contribution in [2.75, 3.05) is 38.3 Å². The van der Waals surface area contributed by atoms with Crippen molar-refractivity contribution in [1.29, 1.82) is 0 Å². The third kappa shape index (κ3) is 6.71. The number of halogens is 1. The summed E-state index contributed by atoms with van der Waals surface area (Å²) >= 11 is 4.73. The van der Waals surface area contributed by atoms with Gasteiger partial charge in [0, 0.05) is 31.2 Å². The molecule has 8 nitrogen and oxygen atoms in total. The van der Waals surface area contributed by atoms with Gasteiger partial charge in [-0.3, -0.25) is 9.59 Å². The number of hydrogen-bond donors (Lipinski definition) is 0. The Morgan fingerprint density at radius 1 is 1.16 bits per heavy atom. The van der Waals surface area contributed by atoms with E-state index in [0.29, 0.717) is 31.0 Å². The monoisotopic (exact) mass is 531 g/mol. The number of methoxy groups -OCH3 is 1. The van der Waals surface area contributed by atoms with Crippen LogP contribution in [0.3, 0.4) is 0 Å². The third-order valence-electron chi connectivity index (χ3n) is 5.03. The van der Waals surface area contributed by atoms with Gasteiger partial charge in [-0.2, -0.15) is 4.99 Å². The maximum atomic E-state index is 12.5. The van der Waals surface area contributed by atoms with Crippen LogP contribution in [0, 0.1) is 0 Å². The standard InChI is InChI=1S/C20H26BrN3O5S2/c1-29-11-10-24-16-7-6-15(21)12-17(16)30-20(24)22-18(25)13-31(27,28)14-19(26)23-8-4-2-3-5-9-23/h6-7,12H,2-5,8-11,13-14H2,1H3. The highest BCUT2D eigenvalue weighted by Crippen LogP contribution is 2.22. The van der Waals surface area contributed by atoms with Crippen molar-refractivity contribution in [1.82, 2.24) is 9.47 Å². The first-order chi connectivity index (χ1) is 14.8. The summed E-state index contributed by atoms with van der Waals surface area (Å²) in [4.78, 5) is 31.0. The van der Waals surface area contributed by atoms with Gasteiger partial charge < -0.3 is 14.2 Å². The van der Waals surface area contributed by atoms with Crippen LogP contribution in [0.5, 0.6) is 0 Å². The Hall–Kier alpha value is -1.56. The summed E-state index contributed by atoms with van der Waals surface area (Å²) in [5.74, 6) is -2.65. The molecule has 2 heterocycles. The molecule has 0 spiro atoms. The summed E-state index contributed by atoms with van der Waals surface area (Å²) in [5, 5.41) is 0. The van der Waals surface area contributed by atoms with E-state index in [0.717, 1.165) is 40.4 Å². The number of sulfone groups is 1. The van der Waals surface area contributed by atoms with Crippen LogP contribution in [0.25, 0.3) is 10.2 Å². The lowest BCUT2D eigenvalue weighted by atomic mass is 10.2. The summed E-state index contributed by atoms with van der Waals surface area (Å²) < 4.78 is 33.8. The second kappa shape index (κ2) is 10.8. The van der Waals surface area contributed by atoms with Gasteiger partial charge in [0.15, 0.2) is 14.6 Å². The first-order valence-corrected chi connectivity index (χ1v) is 13.6. The van der Waals surface area contributed by atoms with E-state index < -0.39 is 33.2 Å². The fourth-order valence-electron chi connectivity index (χ4n) is 3.51. The van der Waals surface area contributed by atoms with Gasteiger partial charge in [-0.15, -0.1) is 0 Å². The van der Waals surface area contributed by atoms with Crippen molar-refractivity contribution in [2.24, 2.45) is 4.99 Å². The molecule has 0 saturated carbocycles. The molecule has 170 valence electrons. The predicted octanol–water partition coefficient (Wildman–Crippen LogP) is 2.36. The van der Waals surface area contributed by atoms with Gasteiger partial charge in [-0.1, -0.05) is 40.1 Å². The normalized spacial score (nSPS) is 15.9. The number of amides is 2. The molecule has 2 amide bonds. The molecule has 1 aliphatic heterocycles. The smallest absolute Gasteiger partial charge is 0.263 e. The second-order valence-corrected chi connectivity index (χ2v) is 11.5. The molecule has 1 aromatic carbocycles. The maximum absolute atomic E-state index is 12.5. The Bertz CT molecular complexity index is 1120. The fraction of sp³-hybridized carbons (Fsp3) is 0.550. The van der Waals surface area contributed by atoms with E-state index in [-0.39, 0.29) is 0 Å². The Labute approximate surface area is 194 Å². The van der Waals surface area contributed by atoms with Gasteiger partial charge in [-0.25, -0.2) is 8.42 Å². The Kier molecular flexibility index (Phi) is 8.43. The quantitative estimate of drug-likeness (QED) is 0.546. The van der Waals surface area contributed by atoms with Crippen molar-refractivity contribution < 1.29 is 22.7 Å². The van der Waals surface area contributed by atoms with Crippen molar-refractivity contribution in [2.45, 2.75) is 32.2 Å². The number of aromatic nitrogens is 1. The third-order valence-corrected chi connectivity index (χ3v) is 7.94. The summed E-state index contributed by atoms with van der Waals surface area (Å²) in [5.41, 5.74) is 0.885. The van der Waals surface area contributed by atoms with Crippen LogP contribution in [0.2, 0.25) is 0 Å². The van der Waals surface area contributed by atoms with Gasteiger partial charge >= 0.3 is 0 Å². The molecule has 2 aromatic rings. The van der Waals surface area contributed by atoms with E-state index in [4.69, 9.17) is 4.74 Å². The highest BCUT2D eigenvalue weighted by Gasteiger charge is 2.25. The topological polar surface area (TPSA) is 98.0 Å². The number of thiazole rings is 1. The number of benzene rings is 1.